The highest BCUT2D eigenvalue weighted by atomic mass is 16.3. The number of pyridine rings is 1. The Hall–Kier alpha value is -1.62. The zero-order valence-electron chi connectivity index (χ0n) is 10.2. The van der Waals surface area contributed by atoms with Crippen molar-refractivity contribution in [3.05, 3.63) is 23.4 Å². The summed E-state index contributed by atoms with van der Waals surface area (Å²) in [6.07, 6.45) is 2.42. The number of aliphatic hydroxyl groups is 1. The molecule has 0 saturated carbocycles. The summed E-state index contributed by atoms with van der Waals surface area (Å²) in [7, 11) is 0. The Labute approximate surface area is 101 Å². The topological polar surface area (TPSA) is 86.2 Å². The second kappa shape index (κ2) is 4.00. The van der Waals surface area contributed by atoms with E-state index in [1.807, 2.05) is 24.8 Å². The van der Waals surface area contributed by atoms with E-state index in [1.54, 1.807) is 6.20 Å². The maximum Gasteiger partial charge on any atom is 0.139 e. The molecular formula is C12H18N4O. The first-order valence-corrected chi connectivity index (χ1v) is 5.68. The van der Waals surface area contributed by atoms with Crippen molar-refractivity contribution in [1.82, 2.24) is 4.98 Å². The molecule has 17 heavy (non-hydrogen) atoms. The van der Waals surface area contributed by atoms with E-state index in [-0.39, 0.29) is 5.84 Å². The third kappa shape index (κ3) is 2.24. The first-order valence-electron chi connectivity index (χ1n) is 5.68. The van der Waals surface area contributed by atoms with Crippen LogP contribution in [0.3, 0.4) is 0 Å². The van der Waals surface area contributed by atoms with Crippen molar-refractivity contribution < 1.29 is 5.11 Å². The molecule has 2 rings (SSSR count). The minimum Gasteiger partial charge on any atom is -0.388 e. The maximum absolute atomic E-state index is 9.97. The fourth-order valence-corrected chi connectivity index (χ4v) is 2.24. The molecule has 1 aromatic rings. The van der Waals surface area contributed by atoms with E-state index in [1.165, 1.54) is 0 Å². The normalized spacial score (nSPS) is 24.1. The maximum atomic E-state index is 9.97. The van der Waals surface area contributed by atoms with Gasteiger partial charge in [0.2, 0.25) is 0 Å². The molecule has 1 atom stereocenters. The number of nitrogens with zero attached hydrogens (tertiary/aromatic N) is 2. The van der Waals surface area contributed by atoms with E-state index in [0.29, 0.717) is 24.3 Å². The summed E-state index contributed by atoms with van der Waals surface area (Å²) in [6, 6.07) is 1.84. The molecule has 0 amide bonds. The van der Waals surface area contributed by atoms with Gasteiger partial charge in [0.1, 0.15) is 11.7 Å². The van der Waals surface area contributed by atoms with Crippen molar-refractivity contribution in [3.63, 3.8) is 0 Å². The molecule has 0 radical (unpaired) electrons. The molecule has 1 unspecified atom stereocenters. The Kier molecular flexibility index (Phi) is 2.79. The standard InChI is InChI=1S/C12H18N4O/c1-8-3-5-15-11(9(8)10(13)14)16-6-4-12(2,17)7-16/h3,5,17H,4,6-7H2,1-2H3,(H3,13,14). The Morgan fingerprint density at radius 3 is 2.88 bits per heavy atom. The molecule has 0 aliphatic carbocycles. The Morgan fingerprint density at radius 2 is 2.35 bits per heavy atom. The Morgan fingerprint density at radius 1 is 1.65 bits per heavy atom. The molecule has 5 nitrogen and oxygen atoms in total. The quantitative estimate of drug-likeness (QED) is 0.517. The molecule has 1 fully saturated rings. The zero-order chi connectivity index (χ0) is 12.6. The average Bonchev–Trinajstić information content (AvgIpc) is 2.57. The van der Waals surface area contributed by atoms with Gasteiger partial charge >= 0.3 is 0 Å². The average molecular weight is 234 g/mol. The predicted molar refractivity (Wildman–Crippen MR) is 67.4 cm³/mol. The van der Waals surface area contributed by atoms with Crippen LogP contribution in [0, 0.1) is 12.3 Å². The summed E-state index contributed by atoms with van der Waals surface area (Å²) in [5.74, 6) is 0.729. The van der Waals surface area contributed by atoms with Crippen LogP contribution in [-0.4, -0.2) is 34.6 Å². The molecule has 1 saturated heterocycles. The summed E-state index contributed by atoms with van der Waals surface area (Å²) >= 11 is 0. The third-order valence-corrected chi connectivity index (χ3v) is 3.16. The van der Waals surface area contributed by atoms with Gasteiger partial charge in [-0.1, -0.05) is 0 Å². The minimum atomic E-state index is -0.681. The first-order chi connectivity index (χ1) is 7.91. The van der Waals surface area contributed by atoms with Crippen molar-refractivity contribution in [2.24, 2.45) is 5.73 Å². The van der Waals surface area contributed by atoms with Gasteiger partial charge in [0.15, 0.2) is 0 Å². The van der Waals surface area contributed by atoms with Crippen molar-refractivity contribution in [2.45, 2.75) is 25.9 Å². The number of β-amino-alcohol motifs (C(OH)–C–C–N with tert-alkyl or cyclic N) is 1. The van der Waals surface area contributed by atoms with Gasteiger partial charge in [-0.05, 0) is 31.9 Å². The van der Waals surface area contributed by atoms with Gasteiger partial charge in [-0.2, -0.15) is 0 Å². The van der Waals surface area contributed by atoms with Gasteiger partial charge in [0.25, 0.3) is 0 Å². The van der Waals surface area contributed by atoms with E-state index in [2.05, 4.69) is 4.98 Å². The molecule has 0 bridgehead atoms. The second-order valence-corrected chi connectivity index (χ2v) is 4.91. The number of hydrogen-bond acceptors (Lipinski definition) is 4. The zero-order valence-corrected chi connectivity index (χ0v) is 10.2. The van der Waals surface area contributed by atoms with Crippen LogP contribution < -0.4 is 10.6 Å². The van der Waals surface area contributed by atoms with Crippen LogP contribution in [0.15, 0.2) is 12.3 Å². The summed E-state index contributed by atoms with van der Waals surface area (Å²) in [5.41, 5.74) is 6.53. The van der Waals surface area contributed by atoms with Gasteiger partial charge in [-0.25, -0.2) is 4.98 Å². The second-order valence-electron chi connectivity index (χ2n) is 4.91. The molecule has 1 aliphatic heterocycles. The van der Waals surface area contributed by atoms with Crippen molar-refractivity contribution in [1.29, 1.82) is 5.41 Å². The van der Waals surface area contributed by atoms with Crippen molar-refractivity contribution in [3.8, 4) is 0 Å². The largest absolute Gasteiger partial charge is 0.388 e. The first kappa shape index (κ1) is 11.9. The minimum absolute atomic E-state index is 0.0251. The van der Waals surface area contributed by atoms with E-state index in [4.69, 9.17) is 11.1 Å². The molecule has 1 aromatic heterocycles. The Bertz CT molecular complexity index is 456. The van der Waals surface area contributed by atoms with Crippen molar-refractivity contribution in [2.75, 3.05) is 18.0 Å². The number of amidine groups is 1. The van der Waals surface area contributed by atoms with Crippen LogP contribution in [0.4, 0.5) is 5.82 Å². The summed E-state index contributed by atoms with van der Waals surface area (Å²) in [5, 5.41) is 17.6. The smallest absolute Gasteiger partial charge is 0.139 e. The van der Waals surface area contributed by atoms with Gasteiger partial charge in [0.05, 0.1) is 11.2 Å². The van der Waals surface area contributed by atoms with Crippen LogP contribution in [0.1, 0.15) is 24.5 Å². The number of nitrogens with one attached hydrogen (secondary N) is 1. The third-order valence-electron chi connectivity index (χ3n) is 3.16. The summed E-state index contributed by atoms with van der Waals surface area (Å²) in [6.45, 7) is 5.00. The number of aromatic nitrogens is 1. The highest BCUT2D eigenvalue weighted by molar-refractivity contribution is 6.01. The molecule has 92 valence electrons. The number of nitrogen functional groups attached to an aromatic ring is 1. The lowest BCUT2D eigenvalue weighted by molar-refractivity contribution is 0.0839. The Balaban J connectivity index is 2.40. The van der Waals surface area contributed by atoms with Crippen molar-refractivity contribution >= 4 is 11.7 Å². The summed E-state index contributed by atoms with van der Waals surface area (Å²) in [4.78, 5) is 6.29. The van der Waals surface area contributed by atoms with Gasteiger partial charge < -0.3 is 15.7 Å². The monoisotopic (exact) mass is 234 g/mol. The van der Waals surface area contributed by atoms with Crippen LogP contribution in [0.2, 0.25) is 0 Å². The fraction of sp³-hybridized carbons (Fsp3) is 0.500. The lowest BCUT2D eigenvalue weighted by atomic mass is 10.1. The molecule has 4 N–H and O–H groups in total. The van der Waals surface area contributed by atoms with Gasteiger partial charge in [-0.15, -0.1) is 0 Å². The highest BCUT2D eigenvalue weighted by Crippen LogP contribution is 2.28. The molecule has 0 spiro atoms. The number of aryl methyl sites for hydroxylation is 1. The van der Waals surface area contributed by atoms with E-state index < -0.39 is 5.60 Å². The summed E-state index contributed by atoms with van der Waals surface area (Å²) < 4.78 is 0. The molecular weight excluding hydrogens is 216 g/mol. The molecule has 2 heterocycles. The van der Waals surface area contributed by atoms with Crippen LogP contribution in [-0.2, 0) is 0 Å². The fourth-order valence-electron chi connectivity index (χ4n) is 2.24. The molecule has 0 aromatic carbocycles. The number of anilines is 1. The van der Waals surface area contributed by atoms with E-state index >= 15 is 0 Å². The SMILES string of the molecule is Cc1ccnc(N2CCC(C)(O)C2)c1C(=N)N. The molecule has 5 heteroatoms. The highest BCUT2D eigenvalue weighted by Gasteiger charge is 2.33. The van der Waals surface area contributed by atoms with Gasteiger partial charge in [-0.3, -0.25) is 5.41 Å². The predicted octanol–water partition coefficient (Wildman–Crippen LogP) is 0.635. The lowest BCUT2D eigenvalue weighted by Gasteiger charge is -2.22. The number of hydrogen-bond donors (Lipinski definition) is 3. The lowest BCUT2D eigenvalue weighted by Crippen LogP contribution is -2.31. The van der Waals surface area contributed by atoms with E-state index in [0.717, 1.165) is 12.1 Å². The van der Waals surface area contributed by atoms with Crippen LogP contribution in [0.25, 0.3) is 0 Å². The number of nitrogens with two attached hydrogens (primary N) is 1. The van der Waals surface area contributed by atoms with Gasteiger partial charge in [0, 0.05) is 19.3 Å². The van der Waals surface area contributed by atoms with Crippen LogP contribution in [0.5, 0.6) is 0 Å². The molecule has 1 aliphatic rings. The van der Waals surface area contributed by atoms with Crippen LogP contribution >= 0.6 is 0 Å². The number of rotatable bonds is 2. The van der Waals surface area contributed by atoms with E-state index in [9.17, 15) is 5.11 Å².